The molecule has 0 aliphatic heterocycles. The van der Waals surface area contributed by atoms with Crippen LogP contribution in [0, 0.1) is 0 Å². The highest BCUT2D eigenvalue weighted by molar-refractivity contribution is 5.27. The average Bonchev–Trinajstić information content (AvgIpc) is 2.45. The van der Waals surface area contributed by atoms with Crippen molar-refractivity contribution in [1.29, 1.82) is 0 Å². The van der Waals surface area contributed by atoms with E-state index >= 15 is 0 Å². The summed E-state index contributed by atoms with van der Waals surface area (Å²) >= 11 is 0. The molecule has 98 valence electrons. The zero-order valence-corrected chi connectivity index (χ0v) is 11.7. The van der Waals surface area contributed by atoms with Crippen molar-refractivity contribution in [1.82, 2.24) is 0 Å². The van der Waals surface area contributed by atoms with Gasteiger partial charge in [0.15, 0.2) is 0 Å². The minimum Gasteiger partial charge on any atom is -0.0778 e. The van der Waals surface area contributed by atoms with E-state index in [1.807, 2.05) is 0 Å². The summed E-state index contributed by atoms with van der Waals surface area (Å²) in [7, 11) is 0. The molecule has 1 aliphatic rings. The van der Waals surface area contributed by atoms with Crippen LogP contribution in [0.3, 0.4) is 0 Å². The van der Waals surface area contributed by atoms with Crippen LogP contribution in [0.4, 0.5) is 0 Å². The first-order chi connectivity index (χ1) is 8.90. The lowest BCUT2D eigenvalue weighted by Gasteiger charge is -2.21. The lowest BCUT2D eigenvalue weighted by molar-refractivity contribution is 0.592. The summed E-state index contributed by atoms with van der Waals surface area (Å²) < 4.78 is 0. The maximum Gasteiger partial charge on any atom is 0.00207 e. The summed E-state index contributed by atoms with van der Waals surface area (Å²) in [5.41, 5.74) is 3.22. The highest BCUT2D eigenvalue weighted by Crippen LogP contribution is 2.32. The Labute approximate surface area is 112 Å². The maximum atomic E-state index is 2.56. The van der Waals surface area contributed by atoms with Crippen LogP contribution in [0.2, 0.25) is 0 Å². The van der Waals surface area contributed by atoms with Crippen LogP contribution < -0.4 is 0 Å². The Balaban J connectivity index is 1.89. The van der Waals surface area contributed by atoms with E-state index in [1.165, 1.54) is 56.9 Å². The van der Waals surface area contributed by atoms with Crippen LogP contribution in [0.15, 0.2) is 42.0 Å². The Morgan fingerprint density at radius 2 is 1.89 bits per heavy atom. The second kappa shape index (κ2) is 7.41. The number of unbranched alkanes of at least 4 members (excludes halogenated alkanes) is 3. The van der Waals surface area contributed by atoms with Crippen molar-refractivity contribution in [2.45, 2.75) is 64.2 Å². The van der Waals surface area contributed by atoms with Gasteiger partial charge in [-0.05, 0) is 37.7 Å². The summed E-state index contributed by atoms with van der Waals surface area (Å²) in [5, 5.41) is 0. The molecule has 0 fully saturated rings. The summed E-state index contributed by atoms with van der Waals surface area (Å²) in [5.74, 6) is 0.682. The topological polar surface area (TPSA) is 0 Å². The minimum atomic E-state index is 0.682. The lowest BCUT2D eigenvalue weighted by atomic mass is 9.84. The Bertz CT molecular complexity index is 361. The molecule has 1 aromatic rings. The van der Waals surface area contributed by atoms with Crippen molar-refractivity contribution in [3.63, 3.8) is 0 Å². The molecule has 0 heterocycles. The van der Waals surface area contributed by atoms with Gasteiger partial charge in [0.05, 0.1) is 0 Å². The predicted octanol–water partition coefficient (Wildman–Crippen LogP) is 5.85. The molecular formula is C18H26. The van der Waals surface area contributed by atoms with Crippen LogP contribution in [0.5, 0.6) is 0 Å². The molecular weight excluding hydrogens is 216 g/mol. The monoisotopic (exact) mass is 242 g/mol. The van der Waals surface area contributed by atoms with Gasteiger partial charge >= 0.3 is 0 Å². The number of rotatable bonds is 6. The third-order valence-corrected chi connectivity index (χ3v) is 4.03. The molecule has 1 aromatic carbocycles. The van der Waals surface area contributed by atoms with E-state index in [0.717, 1.165) is 0 Å². The highest BCUT2D eigenvalue weighted by Gasteiger charge is 2.14. The van der Waals surface area contributed by atoms with Crippen LogP contribution >= 0.6 is 0 Å². The van der Waals surface area contributed by atoms with Crippen molar-refractivity contribution in [2.75, 3.05) is 0 Å². The third-order valence-electron chi connectivity index (χ3n) is 4.03. The number of allylic oxidation sites excluding steroid dienone is 2. The fraction of sp³-hybridized carbons (Fsp3) is 0.556. The fourth-order valence-corrected chi connectivity index (χ4v) is 2.95. The second-order valence-corrected chi connectivity index (χ2v) is 5.54. The molecule has 1 unspecified atom stereocenters. The van der Waals surface area contributed by atoms with Gasteiger partial charge in [0, 0.05) is 5.92 Å². The van der Waals surface area contributed by atoms with Crippen LogP contribution in [-0.4, -0.2) is 0 Å². The van der Waals surface area contributed by atoms with E-state index in [4.69, 9.17) is 0 Å². The van der Waals surface area contributed by atoms with E-state index in [1.54, 1.807) is 5.57 Å². The summed E-state index contributed by atoms with van der Waals surface area (Å²) in [6, 6.07) is 11.0. The molecule has 1 atom stereocenters. The van der Waals surface area contributed by atoms with E-state index < -0.39 is 0 Å². The quantitative estimate of drug-likeness (QED) is 0.433. The van der Waals surface area contributed by atoms with E-state index in [-0.39, 0.29) is 0 Å². The summed E-state index contributed by atoms with van der Waals surface area (Å²) in [6.07, 6.45) is 13.5. The number of hydrogen-bond acceptors (Lipinski definition) is 0. The van der Waals surface area contributed by atoms with Gasteiger partial charge < -0.3 is 0 Å². The van der Waals surface area contributed by atoms with Crippen LogP contribution in [0.1, 0.15) is 69.8 Å². The Kier molecular flexibility index (Phi) is 5.51. The van der Waals surface area contributed by atoms with Gasteiger partial charge in [0.25, 0.3) is 0 Å². The summed E-state index contributed by atoms with van der Waals surface area (Å²) in [4.78, 5) is 0. The molecule has 0 saturated carbocycles. The normalized spacial score (nSPS) is 19.6. The third kappa shape index (κ3) is 4.01. The Morgan fingerprint density at radius 1 is 1.06 bits per heavy atom. The molecule has 0 aromatic heterocycles. The number of benzene rings is 1. The molecule has 0 spiro atoms. The van der Waals surface area contributed by atoms with Gasteiger partial charge in [-0.25, -0.2) is 0 Å². The van der Waals surface area contributed by atoms with Gasteiger partial charge in [0.1, 0.15) is 0 Å². The molecule has 0 N–H and O–H groups in total. The van der Waals surface area contributed by atoms with Crippen LogP contribution in [-0.2, 0) is 0 Å². The summed E-state index contributed by atoms with van der Waals surface area (Å²) in [6.45, 7) is 2.28. The second-order valence-electron chi connectivity index (χ2n) is 5.54. The molecule has 0 amide bonds. The van der Waals surface area contributed by atoms with Gasteiger partial charge in [-0.2, -0.15) is 0 Å². The molecule has 0 radical (unpaired) electrons. The molecule has 0 heteroatoms. The zero-order valence-electron chi connectivity index (χ0n) is 11.7. The molecule has 2 rings (SSSR count). The zero-order chi connectivity index (χ0) is 12.6. The van der Waals surface area contributed by atoms with Crippen molar-refractivity contribution in [2.24, 2.45) is 0 Å². The average molecular weight is 242 g/mol. The number of hydrogen-bond donors (Lipinski definition) is 0. The van der Waals surface area contributed by atoms with Gasteiger partial charge in [-0.1, -0.05) is 68.2 Å². The van der Waals surface area contributed by atoms with E-state index in [0.29, 0.717) is 5.92 Å². The first-order valence-corrected chi connectivity index (χ1v) is 7.64. The largest absolute Gasteiger partial charge is 0.0778 e. The van der Waals surface area contributed by atoms with Crippen LogP contribution in [0.25, 0.3) is 0 Å². The van der Waals surface area contributed by atoms with Gasteiger partial charge in [0.2, 0.25) is 0 Å². The predicted molar refractivity (Wildman–Crippen MR) is 79.9 cm³/mol. The van der Waals surface area contributed by atoms with Gasteiger partial charge in [-0.3, -0.25) is 0 Å². The molecule has 18 heavy (non-hydrogen) atoms. The molecule has 0 nitrogen and oxygen atoms in total. The first kappa shape index (κ1) is 13.4. The van der Waals surface area contributed by atoms with Crippen molar-refractivity contribution >= 4 is 0 Å². The fourth-order valence-electron chi connectivity index (χ4n) is 2.95. The highest BCUT2D eigenvalue weighted by atomic mass is 14.2. The standard InChI is InChI=1S/C18H26/c1-2-3-4-6-10-16-11-9-14-18(15-16)17-12-7-5-8-13-17/h5,7-8,12-13,15,18H,2-4,6,9-11,14H2,1H3. The smallest absolute Gasteiger partial charge is 0.00207 e. The van der Waals surface area contributed by atoms with E-state index in [2.05, 4.69) is 43.3 Å². The maximum absolute atomic E-state index is 2.56. The molecule has 0 bridgehead atoms. The van der Waals surface area contributed by atoms with Crippen molar-refractivity contribution in [3.8, 4) is 0 Å². The van der Waals surface area contributed by atoms with Crippen molar-refractivity contribution < 1.29 is 0 Å². The van der Waals surface area contributed by atoms with Crippen molar-refractivity contribution in [3.05, 3.63) is 47.5 Å². The molecule has 1 aliphatic carbocycles. The first-order valence-electron chi connectivity index (χ1n) is 7.64. The Morgan fingerprint density at radius 3 is 2.67 bits per heavy atom. The minimum absolute atomic E-state index is 0.682. The Hall–Kier alpha value is -1.04. The molecule has 0 saturated heterocycles. The van der Waals surface area contributed by atoms with Gasteiger partial charge in [-0.15, -0.1) is 0 Å². The lowest BCUT2D eigenvalue weighted by Crippen LogP contribution is -2.03. The van der Waals surface area contributed by atoms with E-state index in [9.17, 15) is 0 Å². The SMILES string of the molecule is CCCCCCC1=CC(c2ccccc2)CCC1.